The van der Waals surface area contributed by atoms with Crippen molar-refractivity contribution in [1.82, 2.24) is 0 Å². The van der Waals surface area contributed by atoms with Crippen LogP contribution in [0.25, 0.3) is 11.1 Å². The molecular weight excluding hydrogens is 594 g/mol. The number of allylic oxidation sites excluding steroid dienone is 1. The third kappa shape index (κ3) is 6.58. The van der Waals surface area contributed by atoms with Gasteiger partial charge >= 0.3 is 0 Å². The van der Waals surface area contributed by atoms with Crippen LogP contribution in [0.2, 0.25) is 0 Å². The highest BCUT2D eigenvalue weighted by Gasteiger charge is 2.13. The van der Waals surface area contributed by atoms with Gasteiger partial charge in [-0.2, -0.15) is 0 Å². The number of unbranched alkanes of at least 4 members (excludes halogenated alkanes) is 2. The van der Waals surface area contributed by atoms with Crippen LogP contribution < -0.4 is 4.74 Å². The van der Waals surface area contributed by atoms with Crippen LogP contribution in [0, 0.1) is 3.57 Å². The first-order valence-corrected chi connectivity index (χ1v) is 13.2. The number of halogens is 2. The fourth-order valence-corrected chi connectivity index (χ4v) is 4.48. The summed E-state index contributed by atoms with van der Waals surface area (Å²) in [4.78, 5) is 0. The zero-order valence-corrected chi connectivity index (χ0v) is 21.7. The Labute approximate surface area is 208 Å². The molecule has 3 heteroatoms. The van der Waals surface area contributed by atoms with Gasteiger partial charge in [0.15, 0.2) is 0 Å². The van der Waals surface area contributed by atoms with Gasteiger partial charge in [0.05, 0.1) is 6.61 Å². The molecule has 0 saturated heterocycles. The van der Waals surface area contributed by atoms with E-state index in [0.29, 0.717) is 0 Å². The fourth-order valence-electron chi connectivity index (χ4n) is 3.58. The average Bonchev–Trinajstić information content (AvgIpc) is 2.79. The molecule has 30 heavy (non-hydrogen) atoms. The Morgan fingerprint density at radius 1 is 0.733 bits per heavy atom. The lowest BCUT2D eigenvalue weighted by Crippen LogP contribution is -1.98. The van der Waals surface area contributed by atoms with Crippen molar-refractivity contribution in [3.63, 3.8) is 0 Å². The van der Waals surface area contributed by atoms with Gasteiger partial charge in [-0.15, -0.1) is 0 Å². The van der Waals surface area contributed by atoms with Gasteiger partial charge in [0, 0.05) is 3.57 Å². The van der Waals surface area contributed by atoms with E-state index < -0.39 is 0 Å². The van der Waals surface area contributed by atoms with Gasteiger partial charge in [0.25, 0.3) is 0 Å². The summed E-state index contributed by atoms with van der Waals surface area (Å²) in [7, 11) is 0. The van der Waals surface area contributed by atoms with E-state index in [2.05, 4.69) is 131 Å². The number of hydrogen-bond donors (Lipinski definition) is 0. The monoisotopic (exact) mass is 622 g/mol. The molecule has 0 saturated carbocycles. The summed E-state index contributed by atoms with van der Waals surface area (Å²) in [5.74, 6) is 0.952. The van der Waals surface area contributed by atoms with E-state index in [1.165, 1.54) is 48.7 Å². The summed E-state index contributed by atoms with van der Waals surface area (Å²) in [6, 6.07) is 28.2. The molecule has 0 aliphatic heterocycles. The molecule has 0 fully saturated rings. The molecule has 0 radical (unpaired) electrons. The van der Waals surface area contributed by atoms with Crippen LogP contribution in [0.5, 0.6) is 5.75 Å². The lowest BCUT2D eigenvalue weighted by molar-refractivity contribution is 0.306. The highest BCUT2D eigenvalue weighted by molar-refractivity contribution is 14.1. The van der Waals surface area contributed by atoms with Crippen molar-refractivity contribution in [2.45, 2.75) is 32.6 Å². The highest BCUT2D eigenvalue weighted by atomic mass is 127. The molecule has 0 aromatic heterocycles. The van der Waals surface area contributed by atoms with Crippen LogP contribution in [-0.2, 0) is 0 Å². The maximum Gasteiger partial charge on any atom is 0.119 e. The molecule has 0 atom stereocenters. The summed E-state index contributed by atoms with van der Waals surface area (Å²) in [6.45, 7) is 3.03. The van der Waals surface area contributed by atoms with Crippen LogP contribution in [0.1, 0.15) is 49.3 Å². The second kappa shape index (κ2) is 12.5. The summed E-state index contributed by atoms with van der Waals surface area (Å²) in [6.07, 6.45) is 4.59. The molecule has 0 aliphatic rings. The number of rotatable bonds is 10. The van der Waals surface area contributed by atoms with Crippen LogP contribution >= 0.6 is 45.2 Å². The van der Waals surface area contributed by atoms with E-state index in [9.17, 15) is 0 Å². The lowest BCUT2D eigenvalue weighted by atomic mass is 9.88. The van der Waals surface area contributed by atoms with Gasteiger partial charge in [-0.1, -0.05) is 84.1 Å². The third-order valence-electron chi connectivity index (χ3n) is 5.10. The zero-order chi connectivity index (χ0) is 21.2. The van der Waals surface area contributed by atoms with Gasteiger partial charge in [-0.3, -0.25) is 0 Å². The van der Waals surface area contributed by atoms with Gasteiger partial charge in [0.1, 0.15) is 5.75 Å². The van der Waals surface area contributed by atoms with E-state index in [1.807, 2.05) is 0 Å². The number of ether oxygens (including phenoxy) is 1. The van der Waals surface area contributed by atoms with Gasteiger partial charge in [-0.25, -0.2) is 0 Å². The molecule has 0 heterocycles. The van der Waals surface area contributed by atoms with E-state index >= 15 is 0 Å². The zero-order valence-electron chi connectivity index (χ0n) is 17.4. The summed E-state index contributed by atoms with van der Waals surface area (Å²) >= 11 is 4.80. The first kappa shape index (κ1) is 23.3. The minimum Gasteiger partial charge on any atom is -0.494 e. The molecule has 0 spiro atoms. The van der Waals surface area contributed by atoms with Gasteiger partial charge in [-0.05, 0) is 105 Å². The van der Waals surface area contributed by atoms with Crippen molar-refractivity contribution in [3.8, 4) is 5.75 Å². The maximum atomic E-state index is 5.96. The van der Waals surface area contributed by atoms with Crippen LogP contribution in [0.3, 0.4) is 0 Å². The van der Waals surface area contributed by atoms with Crippen LogP contribution in [0.15, 0.2) is 78.9 Å². The molecule has 3 aromatic carbocycles. The topological polar surface area (TPSA) is 9.23 Å². The number of benzene rings is 3. The highest BCUT2D eigenvalue weighted by Crippen LogP contribution is 2.35. The normalized spacial score (nSPS) is 11.8. The second-order valence-electron chi connectivity index (χ2n) is 7.20. The molecule has 0 aliphatic carbocycles. The Kier molecular flexibility index (Phi) is 9.72. The molecule has 0 N–H and O–H groups in total. The number of alkyl halides is 1. The smallest absolute Gasteiger partial charge is 0.119 e. The van der Waals surface area contributed by atoms with Crippen molar-refractivity contribution in [2.75, 3.05) is 11.0 Å². The molecule has 3 rings (SSSR count). The Bertz CT molecular complexity index is 929. The molecular formula is C27H28I2O. The Morgan fingerprint density at radius 2 is 1.37 bits per heavy atom. The first-order chi connectivity index (χ1) is 14.7. The van der Waals surface area contributed by atoms with Crippen molar-refractivity contribution in [3.05, 3.63) is 99.1 Å². The average molecular weight is 622 g/mol. The third-order valence-corrected chi connectivity index (χ3v) is 6.58. The van der Waals surface area contributed by atoms with Gasteiger partial charge < -0.3 is 4.74 Å². The molecule has 156 valence electrons. The first-order valence-electron chi connectivity index (χ1n) is 10.6. The molecule has 0 bridgehead atoms. The quantitative estimate of drug-likeness (QED) is 0.0953. The summed E-state index contributed by atoms with van der Waals surface area (Å²) in [5, 5.41) is 0. The minimum absolute atomic E-state index is 0.792. The number of hydrogen-bond acceptors (Lipinski definition) is 1. The Balaban J connectivity index is 1.93. The van der Waals surface area contributed by atoms with Crippen molar-refractivity contribution in [1.29, 1.82) is 0 Å². The molecule has 3 aromatic rings. The SMILES string of the molecule is CCC(=C(c1ccc(I)cc1)c1ccc(OCCCCCI)cc1)c1ccccc1. The molecule has 0 unspecified atom stereocenters. The predicted octanol–water partition coefficient (Wildman–Crippen LogP) is 8.64. The Morgan fingerprint density at radius 3 is 1.97 bits per heavy atom. The Hall–Kier alpha value is -1.34. The van der Waals surface area contributed by atoms with Crippen LogP contribution in [0.4, 0.5) is 0 Å². The minimum atomic E-state index is 0.792. The molecule has 1 nitrogen and oxygen atoms in total. The van der Waals surface area contributed by atoms with Crippen molar-refractivity contribution < 1.29 is 4.74 Å². The fraction of sp³-hybridized carbons (Fsp3) is 0.259. The van der Waals surface area contributed by atoms with E-state index in [1.54, 1.807) is 0 Å². The second-order valence-corrected chi connectivity index (χ2v) is 9.53. The van der Waals surface area contributed by atoms with E-state index in [-0.39, 0.29) is 0 Å². The van der Waals surface area contributed by atoms with Crippen LogP contribution in [-0.4, -0.2) is 11.0 Å². The predicted molar refractivity (Wildman–Crippen MR) is 146 cm³/mol. The van der Waals surface area contributed by atoms with E-state index in [4.69, 9.17) is 4.74 Å². The molecule has 0 amide bonds. The summed E-state index contributed by atoms with van der Waals surface area (Å²) in [5.41, 5.74) is 6.43. The van der Waals surface area contributed by atoms with E-state index in [0.717, 1.165) is 25.2 Å². The van der Waals surface area contributed by atoms with Crippen molar-refractivity contribution in [2.24, 2.45) is 0 Å². The standard InChI is InChI=1S/C27H28I2O/c1-2-26(21-9-5-3-6-10-21)27(22-11-15-24(29)16-12-22)23-13-17-25(18-14-23)30-20-8-4-7-19-28/h3,5-6,9-18H,2,4,7-8,19-20H2,1H3. The van der Waals surface area contributed by atoms with Crippen molar-refractivity contribution >= 4 is 56.3 Å². The van der Waals surface area contributed by atoms with Gasteiger partial charge in [0.2, 0.25) is 0 Å². The summed E-state index contributed by atoms with van der Waals surface area (Å²) < 4.78 is 8.43. The largest absolute Gasteiger partial charge is 0.494 e. The maximum absolute atomic E-state index is 5.96. The lowest BCUT2D eigenvalue weighted by Gasteiger charge is -2.17.